The van der Waals surface area contributed by atoms with E-state index < -0.39 is 0 Å². The largest absolute Gasteiger partial charge is 0.424 e. The second-order valence-electron chi connectivity index (χ2n) is 4.32. The van der Waals surface area contributed by atoms with Crippen LogP contribution in [0, 0.1) is 6.92 Å². The predicted octanol–water partition coefficient (Wildman–Crippen LogP) is 1.91. The Morgan fingerprint density at radius 1 is 1.50 bits per heavy atom. The number of aromatic nitrogens is 1. The number of hydrogen-bond acceptors (Lipinski definition) is 4. The van der Waals surface area contributed by atoms with Gasteiger partial charge in [0.05, 0.1) is 0 Å². The maximum atomic E-state index is 5.66. The van der Waals surface area contributed by atoms with Crippen LogP contribution in [-0.2, 0) is 0 Å². The summed E-state index contributed by atoms with van der Waals surface area (Å²) in [5.41, 5.74) is 2.96. The monoisotopic (exact) mass is 217 g/mol. The third-order valence-electron chi connectivity index (χ3n) is 2.93. The van der Waals surface area contributed by atoms with Gasteiger partial charge in [0.2, 0.25) is 0 Å². The standard InChI is InChI=1S/C12H15N3O/c1-8-2-3-10-11(6-8)16-12(15-10)14-9-4-5-13-7-9/h2-3,6,9,13H,4-5,7H2,1H3,(H,14,15). The Balaban J connectivity index is 1.86. The molecule has 84 valence electrons. The summed E-state index contributed by atoms with van der Waals surface area (Å²) in [5, 5.41) is 6.61. The molecular weight excluding hydrogens is 202 g/mol. The number of anilines is 1. The van der Waals surface area contributed by atoms with Gasteiger partial charge in [0.15, 0.2) is 5.58 Å². The lowest BCUT2D eigenvalue weighted by atomic mass is 10.2. The third-order valence-corrected chi connectivity index (χ3v) is 2.93. The minimum atomic E-state index is 0.439. The van der Waals surface area contributed by atoms with Crippen molar-refractivity contribution in [3.63, 3.8) is 0 Å². The van der Waals surface area contributed by atoms with Crippen molar-refractivity contribution in [3.8, 4) is 0 Å². The van der Waals surface area contributed by atoms with Crippen molar-refractivity contribution in [1.29, 1.82) is 0 Å². The Morgan fingerprint density at radius 2 is 2.44 bits per heavy atom. The Hall–Kier alpha value is -1.55. The normalized spacial score (nSPS) is 20.4. The second kappa shape index (κ2) is 3.79. The number of nitrogens with one attached hydrogen (secondary N) is 2. The second-order valence-corrected chi connectivity index (χ2v) is 4.32. The van der Waals surface area contributed by atoms with Gasteiger partial charge in [-0.1, -0.05) is 6.07 Å². The average Bonchev–Trinajstić information content (AvgIpc) is 2.86. The van der Waals surface area contributed by atoms with Gasteiger partial charge in [0.1, 0.15) is 5.52 Å². The van der Waals surface area contributed by atoms with E-state index in [1.54, 1.807) is 0 Å². The van der Waals surface area contributed by atoms with Crippen molar-refractivity contribution in [3.05, 3.63) is 23.8 Å². The average molecular weight is 217 g/mol. The number of fused-ring (bicyclic) bond motifs is 1. The van der Waals surface area contributed by atoms with E-state index in [-0.39, 0.29) is 0 Å². The van der Waals surface area contributed by atoms with E-state index in [4.69, 9.17) is 4.42 Å². The molecule has 1 aliphatic heterocycles. The molecule has 4 heteroatoms. The highest BCUT2D eigenvalue weighted by atomic mass is 16.4. The zero-order valence-electron chi connectivity index (χ0n) is 9.29. The zero-order chi connectivity index (χ0) is 11.0. The highest BCUT2D eigenvalue weighted by molar-refractivity contribution is 5.75. The van der Waals surface area contributed by atoms with Crippen molar-refractivity contribution in [1.82, 2.24) is 10.3 Å². The summed E-state index contributed by atoms with van der Waals surface area (Å²) >= 11 is 0. The molecule has 1 atom stereocenters. The van der Waals surface area contributed by atoms with E-state index in [0.717, 1.165) is 30.6 Å². The predicted molar refractivity (Wildman–Crippen MR) is 63.6 cm³/mol. The van der Waals surface area contributed by atoms with Gasteiger partial charge in [-0.15, -0.1) is 0 Å². The quantitative estimate of drug-likeness (QED) is 0.806. The number of nitrogens with zero attached hydrogens (tertiary/aromatic N) is 1. The minimum absolute atomic E-state index is 0.439. The molecular formula is C12H15N3O. The van der Waals surface area contributed by atoms with E-state index in [1.807, 2.05) is 18.2 Å². The fraction of sp³-hybridized carbons (Fsp3) is 0.417. The van der Waals surface area contributed by atoms with Crippen molar-refractivity contribution in [2.24, 2.45) is 0 Å². The third kappa shape index (κ3) is 1.76. The minimum Gasteiger partial charge on any atom is -0.424 e. The molecule has 0 aliphatic carbocycles. The summed E-state index contributed by atoms with van der Waals surface area (Å²) < 4.78 is 5.66. The molecule has 0 spiro atoms. The first kappa shape index (κ1) is 9.66. The van der Waals surface area contributed by atoms with Crippen LogP contribution in [0.3, 0.4) is 0 Å². The molecule has 1 saturated heterocycles. The molecule has 1 unspecified atom stereocenters. The number of benzene rings is 1. The first-order valence-electron chi connectivity index (χ1n) is 5.66. The van der Waals surface area contributed by atoms with E-state index in [1.165, 1.54) is 5.56 Å². The Morgan fingerprint density at radius 3 is 3.25 bits per heavy atom. The van der Waals surface area contributed by atoms with Gasteiger partial charge in [-0.25, -0.2) is 0 Å². The molecule has 1 fully saturated rings. The lowest BCUT2D eigenvalue weighted by Crippen LogP contribution is -2.22. The van der Waals surface area contributed by atoms with Crippen LogP contribution in [0.15, 0.2) is 22.6 Å². The van der Waals surface area contributed by atoms with Crippen molar-refractivity contribution in [2.75, 3.05) is 18.4 Å². The SMILES string of the molecule is Cc1ccc2nc(NC3CCNC3)oc2c1. The number of aryl methyl sites for hydroxylation is 1. The van der Waals surface area contributed by atoms with Crippen LogP contribution in [-0.4, -0.2) is 24.1 Å². The smallest absolute Gasteiger partial charge is 0.295 e. The molecule has 2 N–H and O–H groups in total. The number of rotatable bonds is 2. The lowest BCUT2D eigenvalue weighted by molar-refractivity contribution is 0.599. The molecule has 2 aromatic rings. The van der Waals surface area contributed by atoms with Crippen LogP contribution in [0.25, 0.3) is 11.1 Å². The van der Waals surface area contributed by atoms with Gasteiger partial charge in [-0.05, 0) is 37.6 Å². The van der Waals surface area contributed by atoms with Gasteiger partial charge in [0.25, 0.3) is 6.01 Å². The van der Waals surface area contributed by atoms with Crippen LogP contribution < -0.4 is 10.6 Å². The van der Waals surface area contributed by atoms with Gasteiger partial charge in [0, 0.05) is 12.6 Å². The van der Waals surface area contributed by atoms with E-state index in [0.29, 0.717) is 12.1 Å². The van der Waals surface area contributed by atoms with Crippen LogP contribution in [0.4, 0.5) is 6.01 Å². The fourth-order valence-electron chi connectivity index (χ4n) is 2.05. The molecule has 0 radical (unpaired) electrons. The lowest BCUT2D eigenvalue weighted by Gasteiger charge is -2.07. The molecule has 3 rings (SSSR count). The first-order chi connectivity index (χ1) is 7.81. The van der Waals surface area contributed by atoms with E-state index in [2.05, 4.69) is 22.5 Å². The molecule has 0 amide bonds. The molecule has 0 saturated carbocycles. The molecule has 1 aromatic heterocycles. The number of oxazole rings is 1. The summed E-state index contributed by atoms with van der Waals surface area (Å²) in [4.78, 5) is 4.41. The van der Waals surface area contributed by atoms with Gasteiger partial charge in [-0.2, -0.15) is 4.98 Å². The van der Waals surface area contributed by atoms with Gasteiger partial charge >= 0.3 is 0 Å². The van der Waals surface area contributed by atoms with Crippen molar-refractivity contribution in [2.45, 2.75) is 19.4 Å². The summed E-state index contributed by atoms with van der Waals surface area (Å²) in [6, 6.07) is 7.13. The Bertz CT molecular complexity index is 500. The van der Waals surface area contributed by atoms with Crippen LogP contribution >= 0.6 is 0 Å². The number of hydrogen-bond donors (Lipinski definition) is 2. The Labute approximate surface area is 94.0 Å². The van der Waals surface area contributed by atoms with Gasteiger partial charge in [-0.3, -0.25) is 0 Å². The van der Waals surface area contributed by atoms with Crippen LogP contribution in [0.5, 0.6) is 0 Å². The zero-order valence-corrected chi connectivity index (χ0v) is 9.29. The fourth-order valence-corrected chi connectivity index (χ4v) is 2.05. The molecule has 2 heterocycles. The summed E-state index contributed by atoms with van der Waals surface area (Å²) in [5.74, 6) is 0. The molecule has 16 heavy (non-hydrogen) atoms. The van der Waals surface area contributed by atoms with Crippen LogP contribution in [0.2, 0.25) is 0 Å². The molecule has 1 aliphatic rings. The van der Waals surface area contributed by atoms with Crippen LogP contribution in [0.1, 0.15) is 12.0 Å². The molecule has 0 bridgehead atoms. The molecule has 1 aromatic carbocycles. The summed E-state index contributed by atoms with van der Waals surface area (Å²) in [6.07, 6.45) is 1.12. The summed E-state index contributed by atoms with van der Waals surface area (Å²) in [7, 11) is 0. The maximum Gasteiger partial charge on any atom is 0.295 e. The Kier molecular flexibility index (Phi) is 2.29. The summed E-state index contributed by atoms with van der Waals surface area (Å²) in [6.45, 7) is 4.10. The van der Waals surface area contributed by atoms with Crippen molar-refractivity contribution < 1.29 is 4.42 Å². The van der Waals surface area contributed by atoms with E-state index >= 15 is 0 Å². The maximum absolute atomic E-state index is 5.66. The van der Waals surface area contributed by atoms with Crippen molar-refractivity contribution >= 4 is 17.1 Å². The van der Waals surface area contributed by atoms with E-state index in [9.17, 15) is 0 Å². The van der Waals surface area contributed by atoms with Gasteiger partial charge < -0.3 is 15.1 Å². The first-order valence-corrected chi connectivity index (χ1v) is 5.66. The highest BCUT2D eigenvalue weighted by Gasteiger charge is 2.16. The highest BCUT2D eigenvalue weighted by Crippen LogP contribution is 2.21. The topological polar surface area (TPSA) is 50.1 Å². The molecule has 4 nitrogen and oxygen atoms in total.